The maximum absolute atomic E-state index is 12.4. The number of amides is 1. The van der Waals surface area contributed by atoms with Crippen molar-refractivity contribution < 1.29 is 9.90 Å². The minimum atomic E-state index is -0.795. The van der Waals surface area contributed by atoms with Gasteiger partial charge in [-0.25, -0.2) is 0 Å². The molecule has 1 aliphatic rings. The number of hydrogen-bond donors (Lipinski definition) is 2. The lowest BCUT2D eigenvalue weighted by Crippen LogP contribution is -2.49. The van der Waals surface area contributed by atoms with Crippen molar-refractivity contribution in [2.45, 2.75) is 44.6 Å². The molecule has 1 saturated carbocycles. The molecule has 0 bridgehead atoms. The second-order valence-corrected chi connectivity index (χ2v) is 6.91. The number of aromatic hydroxyl groups is 1. The topological polar surface area (TPSA) is 73.1 Å². The molecule has 0 saturated heterocycles. The molecule has 1 fully saturated rings. The molecule has 1 aromatic rings. The number of phenolic OH excluding ortho intramolecular Hbond substituents is 1. The van der Waals surface area contributed by atoms with Gasteiger partial charge in [-0.3, -0.25) is 4.79 Å². The van der Waals surface area contributed by atoms with Gasteiger partial charge in [-0.05, 0) is 72.4 Å². The van der Waals surface area contributed by atoms with Gasteiger partial charge in [0.1, 0.15) is 11.3 Å². The van der Waals surface area contributed by atoms with Crippen LogP contribution in [0, 0.1) is 20.8 Å². The second kappa shape index (κ2) is 6.65. The zero-order chi connectivity index (χ0) is 15.5. The first-order chi connectivity index (χ1) is 9.99. The van der Waals surface area contributed by atoms with Gasteiger partial charge in [-0.15, -0.1) is 0 Å². The lowest BCUT2D eigenvalue weighted by molar-refractivity contribution is 0.0888. The summed E-state index contributed by atoms with van der Waals surface area (Å²) in [6.45, 7) is 2.16. The fraction of sp³-hybridized carbons (Fsp3) is 0.500. The molecule has 1 aliphatic carbocycles. The molecular weight excluding hydrogens is 379 g/mol. The van der Waals surface area contributed by atoms with E-state index in [1.807, 2.05) is 0 Å². The fourth-order valence-corrected chi connectivity index (χ4v) is 3.31. The summed E-state index contributed by atoms with van der Waals surface area (Å²) in [4.78, 5) is 12.4. The van der Waals surface area contributed by atoms with E-state index in [0.717, 1.165) is 22.8 Å². The van der Waals surface area contributed by atoms with Gasteiger partial charge in [0.25, 0.3) is 5.91 Å². The maximum atomic E-state index is 12.4. The van der Waals surface area contributed by atoms with Crippen molar-refractivity contribution in [3.8, 4) is 11.8 Å². The van der Waals surface area contributed by atoms with Crippen LogP contribution in [0.5, 0.6) is 5.75 Å². The maximum Gasteiger partial charge on any atom is 0.256 e. The van der Waals surface area contributed by atoms with Crippen LogP contribution >= 0.6 is 22.6 Å². The van der Waals surface area contributed by atoms with E-state index >= 15 is 0 Å². The average molecular weight is 398 g/mol. The predicted octanol–water partition coefficient (Wildman–Crippen LogP) is 3.59. The van der Waals surface area contributed by atoms with Gasteiger partial charge >= 0.3 is 0 Å². The Labute approximate surface area is 138 Å². The second-order valence-electron chi connectivity index (χ2n) is 5.66. The number of phenols is 1. The van der Waals surface area contributed by atoms with Crippen molar-refractivity contribution in [1.29, 1.82) is 5.26 Å². The molecular formula is C16H19IN2O2. The Morgan fingerprint density at radius 1 is 1.52 bits per heavy atom. The van der Waals surface area contributed by atoms with Crippen LogP contribution in [0.4, 0.5) is 0 Å². The number of halogens is 1. The molecule has 0 spiro atoms. The van der Waals surface area contributed by atoms with Crippen LogP contribution in [0.15, 0.2) is 18.2 Å². The van der Waals surface area contributed by atoms with Crippen molar-refractivity contribution in [2.75, 3.05) is 0 Å². The summed E-state index contributed by atoms with van der Waals surface area (Å²) >= 11 is 2.09. The van der Waals surface area contributed by atoms with Gasteiger partial charge in [0.2, 0.25) is 0 Å². The largest absolute Gasteiger partial charge is 0.507 e. The number of nitrogens with zero attached hydrogens (tertiary/aromatic N) is 1. The number of carbonyl (C=O) groups is 1. The summed E-state index contributed by atoms with van der Waals surface area (Å²) in [5.41, 5.74) is -0.564. The third-order valence-corrected chi connectivity index (χ3v) is 4.98. The summed E-state index contributed by atoms with van der Waals surface area (Å²) in [6.07, 6.45) is 4.40. The first-order valence-corrected chi connectivity index (χ1v) is 8.30. The highest BCUT2D eigenvalue weighted by Gasteiger charge is 2.36. The molecule has 1 aromatic carbocycles. The molecule has 5 heteroatoms. The predicted molar refractivity (Wildman–Crippen MR) is 88.9 cm³/mol. The van der Waals surface area contributed by atoms with Gasteiger partial charge in [-0.1, -0.05) is 13.3 Å². The normalized spacial score (nSPS) is 25.1. The van der Waals surface area contributed by atoms with Gasteiger partial charge in [0.05, 0.1) is 11.6 Å². The van der Waals surface area contributed by atoms with Crippen LogP contribution in [-0.4, -0.2) is 16.6 Å². The van der Waals surface area contributed by atoms with Gasteiger partial charge < -0.3 is 10.4 Å². The monoisotopic (exact) mass is 398 g/mol. The van der Waals surface area contributed by atoms with Gasteiger partial charge in [0, 0.05) is 3.57 Å². The van der Waals surface area contributed by atoms with Crippen LogP contribution in [0.1, 0.15) is 49.4 Å². The summed E-state index contributed by atoms with van der Waals surface area (Å²) in [5.74, 6) is 0.222. The molecule has 2 rings (SSSR count). The molecule has 0 heterocycles. The highest BCUT2D eigenvalue weighted by atomic mass is 127. The van der Waals surface area contributed by atoms with E-state index in [1.54, 1.807) is 12.1 Å². The van der Waals surface area contributed by atoms with E-state index in [2.05, 4.69) is 40.9 Å². The van der Waals surface area contributed by atoms with Crippen LogP contribution in [-0.2, 0) is 0 Å². The fourth-order valence-electron chi connectivity index (χ4n) is 2.82. The third-order valence-electron chi connectivity index (χ3n) is 4.31. The SMILES string of the molecule is CCC1CCC(C#N)(NC(=O)c2cc(I)ccc2O)CC1. The smallest absolute Gasteiger partial charge is 0.256 e. The molecule has 1 amide bonds. The first kappa shape index (κ1) is 16.1. The standard InChI is InChI=1S/C16H19IN2O2/c1-2-11-5-7-16(10-18,8-6-11)19-15(21)13-9-12(17)3-4-14(13)20/h3-4,9,11,20H,2,5-8H2,1H3,(H,19,21). The van der Waals surface area contributed by atoms with E-state index in [9.17, 15) is 15.2 Å². The number of hydrogen-bond acceptors (Lipinski definition) is 3. The quantitative estimate of drug-likeness (QED) is 0.765. The van der Waals surface area contributed by atoms with Gasteiger partial charge in [0.15, 0.2) is 0 Å². The molecule has 0 unspecified atom stereocenters. The van der Waals surface area contributed by atoms with Crippen LogP contribution in [0.25, 0.3) is 0 Å². The number of carbonyl (C=O) groups excluding carboxylic acids is 1. The van der Waals surface area contributed by atoms with Crippen molar-refractivity contribution >= 4 is 28.5 Å². The Morgan fingerprint density at radius 2 is 2.19 bits per heavy atom. The first-order valence-electron chi connectivity index (χ1n) is 7.22. The molecule has 21 heavy (non-hydrogen) atoms. The Kier molecular flexibility index (Phi) is 5.09. The Bertz CT molecular complexity index is 572. The van der Waals surface area contributed by atoms with E-state index in [1.165, 1.54) is 6.07 Å². The highest BCUT2D eigenvalue weighted by Crippen LogP contribution is 2.34. The average Bonchev–Trinajstić information content (AvgIpc) is 2.50. The van der Waals surface area contributed by atoms with Crippen molar-refractivity contribution in [3.63, 3.8) is 0 Å². The van der Waals surface area contributed by atoms with Crippen molar-refractivity contribution in [2.24, 2.45) is 5.92 Å². The van der Waals surface area contributed by atoms with Crippen molar-refractivity contribution in [3.05, 3.63) is 27.3 Å². The van der Waals surface area contributed by atoms with Gasteiger partial charge in [-0.2, -0.15) is 5.26 Å². The number of nitriles is 1. The summed E-state index contributed by atoms with van der Waals surface area (Å²) < 4.78 is 0.872. The number of nitrogens with one attached hydrogen (secondary N) is 1. The molecule has 0 atom stereocenters. The lowest BCUT2D eigenvalue weighted by atomic mass is 9.76. The van der Waals surface area contributed by atoms with E-state index in [-0.39, 0.29) is 17.2 Å². The molecule has 112 valence electrons. The minimum absolute atomic E-state index is 0.0525. The number of benzene rings is 1. The summed E-state index contributed by atoms with van der Waals surface area (Å²) in [7, 11) is 0. The zero-order valence-electron chi connectivity index (χ0n) is 12.0. The molecule has 0 radical (unpaired) electrons. The van der Waals surface area contributed by atoms with E-state index in [4.69, 9.17) is 0 Å². The molecule has 0 aromatic heterocycles. The van der Waals surface area contributed by atoms with E-state index in [0.29, 0.717) is 18.8 Å². The number of rotatable bonds is 3. The zero-order valence-corrected chi connectivity index (χ0v) is 14.2. The Balaban J connectivity index is 2.14. The lowest BCUT2D eigenvalue weighted by Gasteiger charge is -2.35. The van der Waals surface area contributed by atoms with Crippen LogP contribution < -0.4 is 5.32 Å². The Morgan fingerprint density at radius 3 is 2.76 bits per heavy atom. The third kappa shape index (κ3) is 3.67. The minimum Gasteiger partial charge on any atom is -0.507 e. The molecule has 2 N–H and O–H groups in total. The van der Waals surface area contributed by atoms with E-state index < -0.39 is 5.54 Å². The van der Waals surface area contributed by atoms with Crippen LogP contribution in [0.2, 0.25) is 0 Å². The van der Waals surface area contributed by atoms with Crippen molar-refractivity contribution in [1.82, 2.24) is 5.32 Å². The van der Waals surface area contributed by atoms with Crippen LogP contribution in [0.3, 0.4) is 0 Å². The summed E-state index contributed by atoms with van der Waals surface area (Å²) in [6, 6.07) is 7.15. The summed E-state index contributed by atoms with van der Waals surface area (Å²) in [5, 5.41) is 22.2. The molecule has 4 nitrogen and oxygen atoms in total. The molecule has 0 aliphatic heterocycles. The Hall–Kier alpha value is -1.29. The highest BCUT2D eigenvalue weighted by molar-refractivity contribution is 14.1.